The highest BCUT2D eigenvalue weighted by Gasteiger charge is 2.16. The molecule has 0 amide bonds. The molecule has 0 aliphatic rings. The van der Waals surface area contributed by atoms with Crippen LogP contribution in [0.1, 0.15) is 13.8 Å². The van der Waals surface area contributed by atoms with Gasteiger partial charge < -0.3 is 10.8 Å². The Balaban J connectivity index is 4.27. The van der Waals surface area contributed by atoms with Gasteiger partial charge in [0.25, 0.3) is 0 Å². The number of aliphatic hydroxyl groups is 1. The molecule has 0 saturated carbocycles. The van der Waals surface area contributed by atoms with E-state index < -0.39 is 20.2 Å². The molecule has 0 spiro atoms. The quantitative estimate of drug-likeness (QED) is 0.519. The molecule has 0 fully saturated rings. The summed E-state index contributed by atoms with van der Waals surface area (Å²) in [5.74, 6) is 3.12. The van der Waals surface area contributed by atoms with E-state index in [0.29, 0.717) is 0 Å². The van der Waals surface area contributed by atoms with Crippen molar-refractivity contribution >= 4 is 8.07 Å². The van der Waals surface area contributed by atoms with Gasteiger partial charge in [0.1, 0.15) is 8.07 Å². The molecular formula is C10H21NOSi. The average molecular weight is 199 g/mol. The molecule has 0 aromatic carbocycles. The van der Waals surface area contributed by atoms with Crippen LogP contribution in [0.4, 0.5) is 0 Å². The van der Waals surface area contributed by atoms with Crippen LogP contribution >= 0.6 is 0 Å². The molecule has 76 valence electrons. The van der Waals surface area contributed by atoms with Gasteiger partial charge in [-0.15, -0.1) is 5.54 Å². The Kier molecular flexibility index (Phi) is 4.69. The molecular weight excluding hydrogens is 178 g/mol. The van der Waals surface area contributed by atoms with Crippen molar-refractivity contribution < 1.29 is 5.11 Å². The zero-order chi connectivity index (χ0) is 10.6. The van der Waals surface area contributed by atoms with Gasteiger partial charge in [-0.25, -0.2) is 0 Å². The summed E-state index contributed by atoms with van der Waals surface area (Å²) >= 11 is 0. The summed E-state index contributed by atoms with van der Waals surface area (Å²) in [6.45, 7) is 10.4. The lowest BCUT2D eigenvalue weighted by atomic mass is 10.0. The van der Waals surface area contributed by atoms with Crippen molar-refractivity contribution in [1.82, 2.24) is 0 Å². The Morgan fingerprint density at radius 1 is 1.23 bits per heavy atom. The third kappa shape index (κ3) is 5.86. The van der Waals surface area contributed by atoms with Gasteiger partial charge in [-0.1, -0.05) is 39.4 Å². The monoisotopic (exact) mass is 199 g/mol. The third-order valence-electron chi connectivity index (χ3n) is 1.66. The second-order valence-electron chi connectivity index (χ2n) is 4.78. The maximum Gasteiger partial charge on any atom is 0.129 e. The van der Waals surface area contributed by atoms with Crippen LogP contribution in [0.3, 0.4) is 0 Å². The number of hydrogen-bond acceptors (Lipinski definition) is 2. The van der Waals surface area contributed by atoms with Crippen LogP contribution in [0.5, 0.6) is 0 Å². The zero-order valence-corrected chi connectivity index (χ0v) is 10.3. The molecule has 0 saturated heterocycles. The Labute approximate surface area is 82.5 Å². The minimum Gasteiger partial charge on any atom is -0.390 e. The largest absolute Gasteiger partial charge is 0.390 e. The fourth-order valence-electron chi connectivity index (χ4n) is 0.800. The predicted octanol–water partition coefficient (Wildman–Crippen LogP) is 1.21. The van der Waals surface area contributed by atoms with E-state index in [-0.39, 0.29) is 5.92 Å². The first-order chi connectivity index (χ1) is 5.74. The highest BCUT2D eigenvalue weighted by Crippen LogP contribution is 2.04. The molecule has 2 atom stereocenters. The molecule has 3 heteroatoms. The van der Waals surface area contributed by atoms with E-state index in [1.54, 1.807) is 0 Å². The van der Waals surface area contributed by atoms with E-state index in [4.69, 9.17) is 5.73 Å². The lowest BCUT2D eigenvalue weighted by Crippen LogP contribution is -2.37. The molecule has 0 aliphatic heterocycles. The highest BCUT2D eigenvalue weighted by atomic mass is 28.3. The molecule has 0 aromatic heterocycles. The fraction of sp³-hybridized carbons (Fsp3) is 0.800. The summed E-state index contributed by atoms with van der Waals surface area (Å²) in [4.78, 5) is 0. The first kappa shape index (κ1) is 12.7. The smallest absolute Gasteiger partial charge is 0.129 e. The molecule has 2 unspecified atom stereocenters. The van der Waals surface area contributed by atoms with Crippen molar-refractivity contribution in [1.29, 1.82) is 0 Å². The standard InChI is InChI=1S/C10H21NOSi/c1-8(2)10(12)9(11)6-7-13(3,4)5/h8-10,12H,11H2,1-5H3. The van der Waals surface area contributed by atoms with Gasteiger partial charge in [0.15, 0.2) is 0 Å². The second-order valence-corrected chi connectivity index (χ2v) is 9.53. The molecule has 0 aromatic rings. The Morgan fingerprint density at radius 3 is 2.00 bits per heavy atom. The van der Waals surface area contributed by atoms with Crippen molar-refractivity contribution in [3.05, 3.63) is 0 Å². The minimum atomic E-state index is -1.35. The second kappa shape index (κ2) is 4.80. The fourth-order valence-corrected chi connectivity index (χ4v) is 1.40. The van der Waals surface area contributed by atoms with E-state index in [0.717, 1.165) is 0 Å². The average Bonchev–Trinajstić information content (AvgIpc) is 1.97. The lowest BCUT2D eigenvalue weighted by Gasteiger charge is -2.17. The Hall–Kier alpha value is -0.303. The predicted molar refractivity (Wildman–Crippen MR) is 59.9 cm³/mol. The van der Waals surface area contributed by atoms with Crippen LogP contribution in [0.15, 0.2) is 0 Å². The number of hydrogen-bond donors (Lipinski definition) is 2. The van der Waals surface area contributed by atoms with Crippen LogP contribution in [0, 0.1) is 17.4 Å². The first-order valence-electron chi connectivity index (χ1n) is 4.70. The first-order valence-corrected chi connectivity index (χ1v) is 8.20. The summed E-state index contributed by atoms with van der Waals surface area (Å²) in [5, 5.41) is 9.58. The molecule has 0 bridgehead atoms. The molecule has 0 heterocycles. The molecule has 0 aliphatic carbocycles. The Bertz CT molecular complexity index is 209. The van der Waals surface area contributed by atoms with Gasteiger partial charge in [-0.2, -0.15) is 0 Å². The number of nitrogens with two attached hydrogens (primary N) is 1. The van der Waals surface area contributed by atoms with Gasteiger partial charge in [-0.05, 0) is 5.92 Å². The maximum absolute atomic E-state index is 9.58. The van der Waals surface area contributed by atoms with E-state index in [9.17, 15) is 5.11 Å². The molecule has 0 rings (SSSR count). The van der Waals surface area contributed by atoms with Crippen LogP contribution in [0.2, 0.25) is 19.6 Å². The summed E-state index contributed by atoms with van der Waals surface area (Å²) < 4.78 is 0. The van der Waals surface area contributed by atoms with Gasteiger partial charge in [0.2, 0.25) is 0 Å². The summed E-state index contributed by atoms with van der Waals surface area (Å²) in [6.07, 6.45) is -0.510. The van der Waals surface area contributed by atoms with E-state index in [1.807, 2.05) is 13.8 Å². The lowest BCUT2D eigenvalue weighted by molar-refractivity contribution is 0.115. The van der Waals surface area contributed by atoms with E-state index >= 15 is 0 Å². The minimum absolute atomic E-state index is 0.172. The zero-order valence-electron chi connectivity index (χ0n) is 9.26. The van der Waals surface area contributed by atoms with Gasteiger partial charge in [0.05, 0.1) is 12.1 Å². The molecule has 2 nitrogen and oxygen atoms in total. The normalized spacial score (nSPS) is 16.3. The summed E-state index contributed by atoms with van der Waals surface area (Å²) in [7, 11) is -1.35. The molecule has 3 N–H and O–H groups in total. The van der Waals surface area contributed by atoms with Crippen LogP contribution in [-0.2, 0) is 0 Å². The van der Waals surface area contributed by atoms with Crippen LogP contribution in [0.25, 0.3) is 0 Å². The number of aliphatic hydroxyl groups excluding tert-OH is 1. The van der Waals surface area contributed by atoms with E-state index in [1.165, 1.54) is 0 Å². The van der Waals surface area contributed by atoms with Gasteiger partial charge >= 0.3 is 0 Å². The Morgan fingerprint density at radius 2 is 1.69 bits per heavy atom. The van der Waals surface area contributed by atoms with Gasteiger partial charge in [0, 0.05) is 0 Å². The van der Waals surface area contributed by atoms with Crippen molar-refractivity contribution in [2.24, 2.45) is 11.7 Å². The third-order valence-corrected chi connectivity index (χ3v) is 2.56. The maximum atomic E-state index is 9.58. The topological polar surface area (TPSA) is 46.2 Å². The van der Waals surface area contributed by atoms with Crippen molar-refractivity contribution in [3.8, 4) is 11.5 Å². The summed E-state index contributed by atoms with van der Waals surface area (Å²) in [6, 6.07) is -0.397. The molecule has 0 radical (unpaired) electrons. The molecule has 13 heavy (non-hydrogen) atoms. The van der Waals surface area contributed by atoms with Crippen LogP contribution < -0.4 is 5.73 Å². The van der Waals surface area contributed by atoms with Crippen LogP contribution in [-0.4, -0.2) is 25.3 Å². The number of rotatable bonds is 2. The highest BCUT2D eigenvalue weighted by molar-refractivity contribution is 6.83. The van der Waals surface area contributed by atoms with Crippen molar-refractivity contribution in [2.75, 3.05) is 0 Å². The van der Waals surface area contributed by atoms with E-state index in [2.05, 4.69) is 31.1 Å². The van der Waals surface area contributed by atoms with Crippen molar-refractivity contribution in [2.45, 2.75) is 45.6 Å². The summed E-state index contributed by atoms with van der Waals surface area (Å²) in [5.41, 5.74) is 8.89. The van der Waals surface area contributed by atoms with Crippen molar-refractivity contribution in [3.63, 3.8) is 0 Å². The SMILES string of the molecule is CC(C)C(O)C(N)C#C[Si](C)(C)C. The van der Waals surface area contributed by atoms with Gasteiger partial charge in [-0.3, -0.25) is 0 Å².